The first-order valence-electron chi connectivity index (χ1n) is 13.4. The molecule has 2 aromatic carbocycles. The Morgan fingerprint density at radius 3 is 1.69 bits per heavy atom. The summed E-state index contributed by atoms with van der Waals surface area (Å²) in [5.41, 5.74) is 9.02. The smallest absolute Gasteiger partial charge is 0.344 e. The van der Waals surface area contributed by atoms with Gasteiger partial charge in [0.2, 0.25) is 0 Å². The Morgan fingerprint density at radius 2 is 1.21 bits per heavy atom. The normalized spacial score (nSPS) is 9.86. The summed E-state index contributed by atoms with van der Waals surface area (Å²) in [7, 11) is 3.25. The third kappa shape index (κ3) is 16.3. The molecule has 0 fully saturated rings. The van der Waals surface area contributed by atoms with Crippen LogP contribution in [0.2, 0.25) is 0 Å². The van der Waals surface area contributed by atoms with Gasteiger partial charge in [-0.1, -0.05) is 12.1 Å². The van der Waals surface area contributed by atoms with Gasteiger partial charge >= 0.3 is 17.8 Å². The molecule has 2 aromatic rings. The zero-order chi connectivity index (χ0) is 31.2. The van der Waals surface area contributed by atoms with Crippen LogP contribution in [0.5, 0.6) is 11.5 Å². The second-order valence-electron chi connectivity index (χ2n) is 8.08. The van der Waals surface area contributed by atoms with Crippen molar-refractivity contribution in [3.8, 4) is 11.5 Å². The van der Waals surface area contributed by atoms with E-state index in [-0.39, 0.29) is 43.1 Å². The number of benzene rings is 2. The van der Waals surface area contributed by atoms with Crippen LogP contribution in [-0.2, 0) is 28.5 Å². The Morgan fingerprint density at radius 1 is 0.738 bits per heavy atom. The predicted octanol–water partition coefficient (Wildman–Crippen LogP) is 0.747. The van der Waals surface area contributed by atoms with Crippen molar-refractivity contribution in [1.29, 1.82) is 0 Å². The third-order valence-electron chi connectivity index (χ3n) is 5.13. The first-order chi connectivity index (χ1) is 19.6. The standard InChI is InChI=1S/C15H21NO4.C8H11NO.C7H13NO3.ClH/c1-5-19-14(10-15(17)20-6-2)16-12-8-7-9-13(18-4)11(12)3;1-6-7(9)4-3-5-8(6)10-2;1-3-10-6(8)5-7(9)11-4-2;/h7-9H,5-6,10H2,1-4H3;3-5H,9H2,1-2H3;8H,3-5H2,1-2H3;1H. The third-order valence-corrected chi connectivity index (χ3v) is 5.13. The van der Waals surface area contributed by atoms with Crippen molar-refractivity contribution in [3.63, 3.8) is 0 Å². The lowest BCUT2D eigenvalue weighted by atomic mass is 10.2. The highest BCUT2D eigenvalue weighted by molar-refractivity contribution is 5.95. The minimum atomic E-state index is -0.349. The van der Waals surface area contributed by atoms with Gasteiger partial charge in [0.1, 0.15) is 17.9 Å². The molecule has 12 heteroatoms. The lowest BCUT2D eigenvalue weighted by Crippen LogP contribution is -3.00. The topological polar surface area (TPSA) is 153 Å². The van der Waals surface area contributed by atoms with E-state index in [9.17, 15) is 9.59 Å². The second kappa shape index (κ2) is 23.7. The number of rotatable bonds is 11. The van der Waals surface area contributed by atoms with Gasteiger partial charge in [-0.3, -0.25) is 9.59 Å². The first kappa shape index (κ1) is 40.2. The Kier molecular flexibility index (Phi) is 22.6. The van der Waals surface area contributed by atoms with Gasteiger partial charge in [0.05, 0.1) is 46.3 Å². The van der Waals surface area contributed by atoms with Gasteiger partial charge < -0.3 is 46.6 Å². The van der Waals surface area contributed by atoms with E-state index in [1.165, 1.54) is 0 Å². The average Bonchev–Trinajstić information content (AvgIpc) is 2.92. The summed E-state index contributed by atoms with van der Waals surface area (Å²) in [6.07, 6.45) is 0.0695. The van der Waals surface area contributed by atoms with E-state index in [4.69, 9.17) is 34.8 Å². The first-order valence-corrected chi connectivity index (χ1v) is 13.4. The van der Waals surface area contributed by atoms with Crippen molar-refractivity contribution < 1.29 is 55.8 Å². The Labute approximate surface area is 255 Å². The Hall–Kier alpha value is -3.99. The molecule has 2 rings (SSSR count). The van der Waals surface area contributed by atoms with Gasteiger partial charge in [-0.05, 0) is 65.8 Å². The predicted molar refractivity (Wildman–Crippen MR) is 160 cm³/mol. The van der Waals surface area contributed by atoms with Gasteiger partial charge in [-0.2, -0.15) is 0 Å². The summed E-state index contributed by atoms with van der Waals surface area (Å²) in [6.45, 7) is 12.6. The molecule has 0 radical (unpaired) electrons. The van der Waals surface area contributed by atoms with Gasteiger partial charge in [0, 0.05) is 16.8 Å². The van der Waals surface area contributed by atoms with Crippen LogP contribution in [0, 0.1) is 13.8 Å². The van der Waals surface area contributed by atoms with E-state index >= 15 is 0 Å². The fourth-order valence-electron chi connectivity index (χ4n) is 3.15. The molecule has 42 heavy (non-hydrogen) atoms. The van der Waals surface area contributed by atoms with Crippen LogP contribution < -0.4 is 33.0 Å². The number of ether oxygens (including phenoxy) is 6. The van der Waals surface area contributed by atoms with Crippen LogP contribution in [0.4, 0.5) is 11.4 Å². The van der Waals surface area contributed by atoms with E-state index < -0.39 is 0 Å². The molecule has 0 unspecified atom stereocenters. The van der Waals surface area contributed by atoms with Crippen molar-refractivity contribution in [1.82, 2.24) is 0 Å². The summed E-state index contributed by atoms with van der Waals surface area (Å²) < 4.78 is 30.1. The molecule has 0 aromatic heterocycles. The molecule has 0 amide bonds. The molecule has 0 aliphatic carbocycles. The van der Waals surface area contributed by atoms with Crippen LogP contribution in [0.3, 0.4) is 0 Å². The highest BCUT2D eigenvalue weighted by atomic mass is 35.5. The van der Waals surface area contributed by atoms with E-state index in [0.717, 1.165) is 34.0 Å². The number of nitrogens with two attached hydrogens (primary N) is 2. The molecular formula is C30H46ClN3O8. The number of anilines is 1. The largest absolute Gasteiger partial charge is 1.00 e. The van der Waals surface area contributed by atoms with E-state index in [1.54, 1.807) is 35.0 Å². The van der Waals surface area contributed by atoms with Crippen LogP contribution in [0.1, 0.15) is 51.7 Å². The molecule has 0 bridgehead atoms. The number of aliphatic imine (C=N–C) groups is 1. The molecule has 0 aliphatic heterocycles. The number of nitrogens with zero attached hydrogens (tertiary/aromatic N) is 1. The van der Waals surface area contributed by atoms with Crippen LogP contribution >= 0.6 is 0 Å². The quantitative estimate of drug-likeness (QED) is 0.162. The number of esters is 2. The maximum atomic E-state index is 11.5. The summed E-state index contributed by atoms with van der Waals surface area (Å²) >= 11 is 0. The molecule has 11 nitrogen and oxygen atoms in total. The molecular weight excluding hydrogens is 566 g/mol. The van der Waals surface area contributed by atoms with Crippen molar-refractivity contribution in [2.75, 3.05) is 46.4 Å². The van der Waals surface area contributed by atoms with Crippen molar-refractivity contribution >= 4 is 35.1 Å². The fraction of sp³-hybridized carbons (Fsp3) is 0.467. The zero-order valence-electron chi connectivity index (χ0n) is 26.0. The number of hydrogen-bond donors (Lipinski definition) is 2. The van der Waals surface area contributed by atoms with E-state index in [0.29, 0.717) is 32.3 Å². The van der Waals surface area contributed by atoms with E-state index in [1.807, 2.05) is 57.2 Å². The zero-order valence-corrected chi connectivity index (χ0v) is 26.7. The van der Waals surface area contributed by atoms with E-state index in [2.05, 4.69) is 9.73 Å². The van der Waals surface area contributed by atoms with Crippen molar-refractivity contribution in [2.45, 2.75) is 54.4 Å². The summed E-state index contributed by atoms with van der Waals surface area (Å²) in [5, 5.41) is 5.31. The monoisotopic (exact) mass is 611 g/mol. The molecule has 0 aliphatic rings. The molecule has 4 N–H and O–H groups in total. The highest BCUT2D eigenvalue weighted by Gasteiger charge is 2.12. The lowest BCUT2D eigenvalue weighted by molar-refractivity contribution is -0.154. The van der Waals surface area contributed by atoms with Crippen LogP contribution in [0.15, 0.2) is 41.4 Å². The average molecular weight is 612 g/mol. The molecule has 236 valence electrons. The van der Waals surface area contributed by atoms with Gasteiger partial charge in [-0.25, -0.2) is 10.4 Å². The van der Waals surface area contributed by atoms with Gasteiger partial charge in [-0.15, -0.1) is 0 Å². The minimum absolute atomic E-state index is 0. The summed E-state index contributed by atoms with van der Waals surface area (Å²) in [5.74, 6) is 1.46. The number of nitrogen functional groups attached to an aromatic ring is 1. The molecule has 0 spiro atoms. The number of carbonyl (C=O) groups is 2. The fourth-order valence-corrected chi connectivity index (χ4v) is 3.15. The molecule has 0 atom stereocenters. The minimum Gasteiger partial charge on any atom is -1.00 e. The van der Waals surface area contributed by atoms with Crippen LogP contribution in [-0.4, -0.2) is 64.4 Å². The summed E-state index contributed by atoms with van der Waals surface area (Å²) in [6, 6.07) is 11.2. The highest BCUT2D eigenvalue weighted by Crippen LogP contribution is 2.27. The molecule has 0 heterocycles. The molecule has 0 saturated carbocycles. The van der Waals surface area contributed by atoms with Gasteiger partial charge in [0.15, 0.2) is 12.3 Å². The maximum Gasteiger partial charge on any atom is 0.344 e. The Bertz CT molecular complexity index is 1110. The second-order valence-corrected chi connectivity index (χ2v) is 8.08. The maximum absolute atomic E-state index is 11.5. The summed E-state index contributed by atoms with van der Waals surface area (Å²) in [4.78, 5) is 26.6. The molecule has 0 saturated heterocycles. The number of methoxy groups -OCH3 is 2. The number of halogens is 1. The van der Waals surface area contributed by atoms with Crippen molar-refractivity contribution in [3.05, 3.63) is 47.5 Å². The van der Waals surface area contributed by atoms with Crippen LogP contribution in [0.25, 0.3) is 0 Å². The SMILES string of the molecule is CCOC(=O)CC(=Nc1cccc(OC)c1C)OCC.CCOC(=[NH2+])CC(=O)OCC.COc1cccc(N)c1C.[Cl-]. The lowest BCUT2D eigenvalue weighted by Gasteiger charge is -2.10. The number of carbonyl (C=O) groups excluding carboxylic acids is 2. The van der Waals surface area contributed by atoms with Crippen molar-refractivity contribution in [2.24, 2.45) is 4.99 Å². The Balaban J connectivity index is 0. The number of hydrogen-bond acceptors (Lipinski definition) is 10. The van der Waals surface area contributed by atoms with Gasteiger partial charge in [0.25, 0.3) is 0 Å².